The largest absolute Gasteiger partial charge is 0.393 e. The molecule has 1 rings (SSSR count). The van der Waals surface area contributed by atoms with Crippen molar-refractivity contribution in [1.29, 1.82) is 0 Å². The summed E-state index contributed by atoms with van der Waals surface area (Å²) >= 11 is 3.38. The van der Waals surface area contributed by atoms with Crippen LogP contribution in [0.5, 0.6) is 0 Å². The molecule has 0 heterocycles. The number of hydrogen-bond acceptors (Lipinski definition) is 2. The maximum absolute atomic E-state index is 9.20. The third-order valence-electron chi connectivity index (χ3n) is 1.95. The van der Waals surface area contributed by atoms with E-state index in [0.717, 1.165) is 16.6 Å². The Kier molecular flexibility index (Phi) is 4.42. The Morgan fingerprint density at radius 1 is 1.29 bits per heavy atom. The van der Waals surface area contributed by atoms with Crippen LogP contribution in [0.3, 0.4) is 0 Å². The number of aliphatic hydroxyl groups excluding tert-OH is 1. The number of nitrogens with one attached hydrogen (secondary N) is 1. The van der Waals surface area contributed by atoms with Crippen LogP contribution in [0.4, 0.5) is 5.69 Å². The van der Waals surface area contributed by atoms with Crippen molar-refractivity contribution in [2.24, 2.45) is 0 Å². The van der Waals surface area contributed by atoms with E-state index in [-0.39, 0.29) is 12.1 Å². The van der Waals surface area contributed by atoms with Crippen molar-refractivity contribution < 1.29 is 5.11 Å². The van der Waals surface area contributed by atoms with Crippen molar-refractivity contribution in [3.05, 3.63) is 28.7 Å². The van der Waals surface area contributed by atoms with E-state index in [1.54, 1.807) is 6.92 Å². The maximum atomic E-state index is 9.20. The highest BCUT2D eigenvalue weighted by atomic mass is 79.9. The van der Waals surface area contributed by atoms with Gasteiger partial charge in [0.05, 0.1) is 6.10 Å². The summed E-state index contributed by atoms with van der Waals surface area (Å²) in [6.45, 7) is 3.87. The fourth-order valence-corrected chi connectivity index (χ4v) is 1.67. The van der Waals surface area contributed by atoms with Crippen molar-refractivity contribution in [2.75, 3.05) is 5.32 Å². The van der Waals surface area contributed by atoms with E-state index in [4.69, 9.17) is 0 Å². The Labute approximate surface area is 93.5 Å². The SMILES string of the molecule is CC(O)CC(C)Nc1ccc(Br)cc1. The molecule has 0 saturated heterocycles. The van der Waals surface area contributed by atoms with Crippen molar-refractivity contribution in [2.45, 2.75) is 32.4 Å². The normalized spacial score (nSPS) is 14.9. The van der Waals surface area contributed by atoms with E-state index in [9.17, 15) is 5.11 Å². The number of hydrogen-bond donors (Lipinski definition) is 2. The molecule has 14 heavy (non-hydrogen) atoms. The molecule has 0 aliphatic rings. The molecule has 0 amide bonds. The molecule has 0 aromatic heterocycles. The minimum Gasteiger partial charge on any atom is -0.393 e. The first-order chi connectivity index (χ1) is 6.58. The van der Waals surface area contributed by atoms with Crippen LogP contribution in [-0.4, -0.2) is 17.3 Å². The van der Waals surface area contributed by atoms with Crippen LogP contribution in [0.2, 0.25) is 0 Å². The van der Waals surface area contributed by atoms with E-state index in [0.29, 0.717) is 0 Å². The zero-order chi connectivity index (χ0) is 10.6. The van der Waals surface area contributed by atoms with Crippen LogP contribution in [0.25, 0.3) is 0 Å². The van der Waals surface area contributed by atoms with Crippen LogP contribution in [0, 0.1) is 0 Å². The molecule has 1 aromatic rings. The number of benzene rings is 1. The zero-order valence-electron chi connectivity index (χ0n) is 8.50. The van der Waals surface area contributed by atoms with Gasteiger partial charge in [0.1, 0.15) is 0 Å². The second kappa shape index (κ2) is 5.37. The molecular weight excluding hydrogens is 242 g/mol. The Hall–Kier alpha value is -0.540. The summed E-state index contributed by atoms with van der Waals surface area (Å²) in [6, 6.07) is 8.32. The highest BCUT2D eigenvalue weighted by molar-refractivity contribution is 9.10. The molecule has 2 nitrogen and oxygen atoms in total. The second-order valence-electron chi connectivity index (χ2n) is 3.64. The first-order valence-electron chi connectivity index (χ1n) is 4.78. The van der Waals surface area contributed by atoms with Crippen LogP contribution < -0.4 is 5.32 Å². The molecule has 2 atom stereocenters. The van der Waals surface area contributed by atoms with E-state index < -0.39 is 0 Å². The minimum atomic E-state index is -0.257. The smallest absolute Gasteiger partial charge is 0.0531 e. The van der Waals surface area contributed by atoms with Gasteiger partial charge in [0.15, 0.2) is 0 Å². The summed E-state index contributed by atoms with van der Waals surface area (Å²) < 4.78 is 1.08. The van der Waals surface area contributed by atoms with E-state index in [1.807, 2.05) is 24.3 Å². The van der Waals surface area contributed by atoms with Gasteiger partial charge in [-0.1, -0.05) is 15.9 Å². The molecule has 0 bridgehead atoms. The predicted molar refractivity (Wildman–Crippen MR) is 63.5 cm³/mol. The predicted octanol–water partition coefficient (Wildman–Crippen LogP) is 3.02. The molecular formula is C11H16BrNO. The van der Waals surface area contributed by atoms with Crippen LogP contribution in [0.1, 0.15) is 20.3 Å². The summed E-state index contributed by atoms with van der Waals surface area (Å²) in [6.07, 6.45) is 0.503. The van der Waals surface area contributed by atoms with Gasteiger partial charge in [-0.2, -0.15) is 0 Å². The molecule has 2 N–H and O–H groups in total. The summed E-state index contributed by atoms with van der Waals surface area (Å²) in [7, 11) is 0. The van der Waals surface area contributed by atoms with Gasteiger partial charge in [0.25, 0.3) is 0 Å². The number of halogens is 1. The van der Waals surface area contributed by atoms with Crippen molar-refractivity contribution in [3.8, 4) is 0 Å². The second-order valence-corrected chi connectivity index (χ2v) is 4.55. The third-order valence-corrected chi connectivity index (χ3v) is 2.48. The van der Waals surface area contributed by atoms with Crippen LogP contribution >= 0.6 is 15.9 Å². The van der Waals surface area contributed by atoms with Crippen LogP contribution in [-0.2, 0) is 0 Å². The van der Waals surface area contributed by atoms with Gasteiger partial charge in [0.2, 0.25) is 0 Å². The van der Waals surface area contributed by atoms with Crippen molar-refractivity contribution >= 4 is 21.6 Å². The minimum absolute atomic E-state index is 0.257. The van der Waals surface area contributed by atoms with Gasteiger partial charge in [0, 0.05) is 16.2 Å². The molecule has 78 valence electrons. The summed E-state index contributed by atoms with van der Waals surface area (Å²) in [5, 5.41) is 12.5. The first kappa shape index (κ1) is 11.5. The van der Waals surface area contributed by atoms with Crippen molar-refractivity contribution in [1.82, 2.24) is 0 Å². The van der Waals surface area contributed by atoms with Gasteiger partial charge < -0.3 is 10.4 Å². The maximum Gasteiger partial charge on any atom is 0.0531 e. The number of anilines is 1. The zero-order valence-corrected chi connectivity index (χ0v) is 10.1. The lowest BCUT2D eigenvalue weighted by Gasteiger charge is -2.16. The van der Waals surface area contributed by atoms with Crippen LogP contribution in [0.15, 0.2) is 28.7 Å². The Balaban J connectivity index is 2.47. The average Bonchev–Trinajstić information content (AvgIpc) is 2.07. The van der Waals surface area contributed by atoms with Gasteiger partial charge in [-0.25, -0.2) is 0 Å². The molecule has 1 aromatic carbocycles. The average molecular weight is 258 g/mol. The summed E-state index contributed by atoms with van der Waals surface area (Å²) in [4.78, 5) is 0. The third kappa shape index (κ3) is 4.11. The fourth-order valence-electron chi connectivity index (χ4n) is 1.40. The van der Waals surface area contributed by atoms with Gasteiger partial charge in [-0.05, 0) is 44.5 Å². The lowest BCUT2D eigenvalue weighted by Crippen LogP contribution is -2.20. The van der Waals surface area contributed by atoms with E-state index in [1.165, 1.54) is 0 Å². The Bertz CT molecular complexity index is 271. The quantitative estimate of drug-likeness (QED) is 0.870. The van der Waals surface area contributed by atoms with E-state index in [2.05, 4.69) is 28.2 Å². The first-order valence-corrected chi connectivity index (χ1v) is 5.57. The van der Waals surface area contributed by atoms with E-state index >= 15 is 0 Å². The number of aliphatic hydroxyl groups is 1. The topological polar surface area (TPSA) is 32.3 Å². The molecule has 0 radical (unpaired) electrons. The van der Waals surface area contributed by atoms with Gasteiger partial charge in [-0.3, -0.25) is 0 Å². The molecule has 3 heteroatoms. The Morgan fingerprint density at radius 3 is 2.36 bits per heavy atom. The lowest BCUT2D eigenvalue weighted by molar-refractivity contribution is 0.179. The summed E-state index contributed by atoms with van der Waals surface area (Å²) in [5.41, 5.74) is 1.08. The van der Waals surface area contributed by atoms with Crippen molar-refractivity contribution in [3.63, 3.8) is 0 Å². The lowest BCUT2D eigenvalue weighted by atomic mass is 10.1. The standard InChI is InChI=1S/C11H16BrNO/c1-8(7-9(2)14)13-11-5-3-10(12)4-6-11/h3-6,8-9,13-14H,7H2,1-2H3. The van der Waals surface area contributed by atoms with Gasteiger partial charge >= 0.3 is 0 Å². The molecule has 0 aliphatic heterocycles. The summed E-state index contributed by atoms with van der Waals surface area (Å²) in [5.74, 6) is 0. The number of rotatable bonds is 4. The Morgan fingerprint density at radius 2 is 1.86 bits per heavy atom. The molecule has 0 fully saturated rings. The monoisotopic (exact) mass is 257 g/mol. The highest BCUT2D eigenvalue weighted by Crippen LogP contribution is 2.15. The van der Waals surface area contributed by atoms with Gasteiger partial charge in [-0.15, -0.1) is 0 Å². The highest BCUT2D eigenvalue weighted by Gasteiger charge is 2.05. The molecule has 0 aliphatic carbocycles. The fraction of sp³-hybridized carbons (Fsp3) is 0.455. The molecule has 0 saturated carbocycles. The molecule has 2 unspecified atom stereocenters. The molecule has 0 spiro atoms.